The maximum absolute atomic E-state index is 6.08. The predicted octanol–water partition coefficient (Wildman–Crippen LogP) is 3.18. The second-order valence-corrected chi connectivity index (χ2v) is 6.41. The summed E-state index contributed by atoms with van der Waals surface area (Å²) in [5.41, 5.74) is 10.4. The van der Waals surface area contributed by atoms with Crippen LogP contribution in [-0.4, -0.2) is 24.0 Å². The second kappa shape index (κ2) is 5.26. The molecule has 2 N–H and O–H groups in total. The van der Waals surface area contributed by atoms with Crippen LogP contribution in [-0.2, 0) is 0 Å². The highest BCUT2D eigenvalue weighted by atomic mass is 15.2. The quantitative estimate of drug-likeness (QED) is 0.902. The number of likely N-dealkylation sites (tertiary alicyclic amines) is 1. The SMILES string of the molecule is Cc1ccc(C)c(C2C(CN)CCCN2C2CC2)c1. The molecule has 1 aliphatic heterocycles. The summed E-state index contributed by atoms with van der Waals surface area (Å²) in [4.78, 5) is 2.75. The van der Waals surface area contributed by atoms with Gasteiger partial charge in [0, 0.05) is 12.1 Å². The van der Waals surface area contributed by atoms with E-state index in [2.05, 4.69) is 36.9 Å². The zero-order chi connectivity index (χ0) is 13.4. The van der Waals surface area contributed by atoms with Crippen molar-refractivity contribution in [2.75, 3.05) is 13.1 Å². The molecular formula is C17H26N2. The molecule has 0 amide bonds. The van der Waals surface area contributed by atoms with E-state index in [1.54, 1.807) is 0 Å². The molecule has 104 valence electrons. The van der Waals surface area contributed by atoms with Gasteiger partial charge in [0.1, 0.15) is 0 Å². The van der Waals surface area contributed by atoms with Crippen LogP contribution in [0.3, 0.4) is 0 Å². The second-order valence-electron chi connectivity index (χ2n) is 6.41. The summed E-state index contributed by atoms with van der Waals surface area (Å²) in [6.07, 6.45) is 5.38. The minimum atomic E-state index is 0.561. The molecule has 1 aromatic rings. The highest BCUT2D eigenvalue weighted by Crippen LogP contribution is 2.43. The number of aryl methyl sites for hydroxylation is 2. The lowest BCUT2D eigenvalue weighted by Gasteiger charge is -2.42. The Morgan fingerprint density at radius 3 is 2.68 bits per heavy atom. The topological polar surface area (TPSA) is 29.3 Å². The minimum absolute atomic E-state index is 0.561. The van der Waals surface area contributed by atoms with Crippen LogP contribution >= 0.6 is 0 Å². The first-order valence-electron chi connectivity index (χ1n) is 7.73. The van der Waals surface area contributed by atoms with Crippen LogP contribution in [0.5, 0.6) is 0 Å². The monoisotopic (exact) mass is 258 g/mol. The third-order valence-electron chi connectivity index (χ3n) is 4.87. The zero-order valence-corrected chi connectivity index (χ0v) is 12.2. The van der Waals surface area contributed by atoms with Gasteiger partial charge in [0.05, 0.1) is 0 Å². The van der Waals surface area contributed by atoms with Gasteiger partial charge in [-0.15, -0.1) is 0 Å². The number of benzene rings is 1. The molecule has 1 saturated heterocycles. The first-order valence-corrected chi connectivity index (χ1v) is 7.73. The van der Waals surface area contributed by atoms with Crippen molar-refractivity contribution < 1.29 is 0 Å². The largest absolute Gasteiger partial charge is 0.330 e. The van der Waals surface area contributed by atoms with E-state index in [0.29, 0.717) is 12.0 Å². The lowest BCUT2D eigenvalue weighted by molar-refractivity contribution is 0.0875. The van der Waals surface area contributed by atoms with Gasteiger partial charge in [-0.05, 0) is 69.7 Å². The Balaban J connectivity index is 1.97. The summed E-state index contributed by atoms with van der Waals surface area (Å²) in [6.45, 7) is 6.53. The van der Waals surface area contributed by atoms with Crippen molar-refractivity contribution in [3.05, 3.63) is 34.9 Å². The Bertz CT molecular complexity index is 451. The molecule has 0 bridgehead atoms. The van der Waals surface area contributed by atoms with E-state index in [4.69, 9.17) is 5.73 Å². The fourth-order valence-corrected chi connectivity index (χ4v) is 3.68. The number of nitrogens with zero attached hydrogens (tertiary/aromatic N) is 1. The molecule has 0 radical (unpaired) electrons. The van der Waals surface area contributed by atoms with Gasteiger partial charge in [-0.3, -0.25) is 4.90 Å². The first kappa shape index (κ1) is 13.1. The molecule has 2 atom stereocenters. The summed E-state index contributed by atoms with van der Waals surface area (Å²) >= 11 is 0. The molecule has 2 nitrogen and oxygen atoms in total. The normalized spacial score (nSPS) is 28.6. The smallest absolute Gasteiger partial charge is 0.0393 e. The fraction of sp³-hybridized carbons (Fsp3) is 0.647. The van der Waals surface area contributed by atoms with Gasteiger partial charge < -0.3 is 5.73 Å². The van der Waals surface area contributed by atoms with Gasteiger partial charge in [-0.25, -0.2) is 0 Å². The standard InChI is InChI=1S/C17H26N2/c1-12-5-6-13(2)16(10-12)17-14(11-18)4-3-9-19(17)15-7-8-15/h5-6,10,14-15,17H,3-4,7-9,11,18H2,1-2H3. The van der Waals surface area contributed by atoms with Gasteiger partial charge in [0.15, 0.2) is 0 Å². The maximum atomic E-state index is 6.08. The van der Waals surface area contributed by atoms with Crippen molar-refractivity contribution in [1.82, 2.24) is 4.90 Å². The van der Waals surface area contributed by atoms with Crippen LogP contribution in [0, 0.1) is 19.8 Å². The van der Waals surface area contributed by atoms with Crippen LogP contribution in [0.15, 0.2) is 18.2 Å². The number of rotatable bonds is 3. The first-order chi connectivity index (χ1) is 9.20. The fourth-order valence-electron chi connectivity index (χ4n) is 3.68. The number of piperidine rings is 1. The van der Waals surface area contributed by atoms with E-state index in [1.165, 1.54) is 48.9 Å². The summed E-state index contributed by atoms with van der Waals surface area (Å²) in [5.74, 6) is 0.634. The average Bonchev–Trinajstić information content (AvgIpc) is 3.25. The lowest BCUT2D eigenvalue weighted by Crippen LogP contribution is -2.43. The molecular weight excluding hydrogens is 232 g/mol. The van der Waals surface area contributed by atoms with E-state index >= 15 is 0 Å². The van der Waals surface area contributed by atoms with Gasteiger partial charge in [-0.2, -0.15) is 0 Å². The maximum Gasteiger partial charge on any atom is 0.0393 e. The van der Waals surface area contributed by atoms with Crippen LogP contribution in [0.4, 0.5) is 0 Å². The molecule has 2 heteroatoms. The highest BCUT2D eigenvalue weighted by molar-refractivity contribution is 5.34. The summed E-state index contributed by atoms with van der Waals surface area (Å²) in [6, 6.07) is 8.28. The molecule has 1 aliphatic carbocycles. The molecule has 3 rings (SSSR count). The van der Waals surface area contributed by atoms with Crippen LogP contribution in [0.2, 0.25) is 0 Å². The molecule has 1 aromatic carbocycles. The van der Waals surface area contributed by atoms with Crippen molar-refractivity contribution in [1.29, 1.82) is 0 Å². The molecule has 1 saturated carbocycles. The highest BCUT2D eigenvalue weighted by Gasteiger charge is 2.40. The number of hydrogen-bond acceptors (Lipinski definition) is 2. The molecule has 0 spiro atoms. The van der Waals surface area contributed by atoms with Crippen molar-refractivity contribution in [3.8, 4) is 0 Å². The lowest BCUT2D eigenvalue weighted by atomic mass is 9.82. The Morgan fingerprint density at radius 1 is 1.21 bits per heavy atom. The summed E-state index contributed by atoms with van der Waals surface area (Å²) < 4.78 is 0. The van der Waals surface area contributed by atoms with Crippen molar-refractivity contribution in [2.24, 2.45) is 11.7 Å². The zero-order valence-electron chi connectivity index (χ0n) is 12.2. The third kappa shape index (κ3) is 2.56. The Hall–Kier alpha value is -0.860. The Kier molecular flexibility index (Phi) is 3.64. The van der Waals surface area contributed by atoms with E-state index in [-0.39, 0.29) is 0 Å². The van der Waals surface area contributed by atoms with Gasteiger partial charge in [-0.1, -0.05) is 23.8 Å². The molecule has 2 aliphatic rings. The number of hydrogen-bond donors (Lipinski definition) is 1. The van der Waals surface area contributed by atoms with Gasteiger partial charge in [0.25, 0.3) is 0 Å². The molecule has 19 heavy (non-hydrogen) atoms. The predicted molar refractivity (Wildman–Crippen MR) is 80.2 cm³/mol. The third-order valence-corrected chi connectivity index (χ3v) is 4.87. The number of nitrogens with two attached hydrogens (primary N) is 1. The van der Waals surface area contributed by atoms with E-state index in [9.17, 15) is 0 Å². The molecule has 0 aromatic heterocycles. The van der Waals surface area contributed by atoms with Crippen molar-refractivity contribution in [2.45, 2.75) is 51.6 Å². The minimum Gasteiger partial charge on any atom is -0.330 e. The van der Waals surface area contributed by atoms with Gasteiger partial charge in [0.2, 0.25) is 0 Å². The Morgan fingerprint density at radius 2 is 2.00 bits per heavy atom. The Labute approximate surface area is 117 Å². The summed E-state index contributed by atoms with van der Waals surface area (Å²) in [7, 11) is 0. The van der Waals surface area contributed by atoms with Crippen molar-refractivity contribution in [3.63, 3.8) is 0 Å². The van der Waals surface area contributed by atoms with Crippen LogP contribution < -0.4 is 5.73 Å². The van der Waals surface area contributed by atoms with Crippen molar-refractivity contribution >= 4 is 0 Å². The van der Waals surface area contributed by atoms with Crippen LogP contribution in [0.25, 0.3) is 0 Å². The molecule has 2 fully saturated rings. The average molecular weight is 258 g/mol. The van der Waals surface area contributed by atoms with E-state index in [0.717, 1.165) is 12.6 Å². The summed E-state index contributed by atoms with van der Waals surface area (Å²) in [5, 5.41) is 0. The van der Waals surface area contributed by atoms with E-state index < -0.39 is 0 Å². The van der Waals surface area contributed by atoms with E-state index in [1.807, 2.05) is 0 Å². The van der Waals surface area contributed by atoms with Crippen LogP contribution in [0.1, 0.15) is 48.4 Å². The molecule has 2 unspecified atom stereocenters. The van der Waals surface area contributed by atoms with Gasteiger partial charge >= 0.3 is 0 Å². The molecule has 1 heterocycles.